The molecular weight excluding hydrogens is 332 g/mol. The predicted molar refractivity (Wildman–Crippen MR) is 90.1 cm³/mol. The van der Waals surface area contributed by atoms with Crippen LogP contribution in [0.3, 0.4) is 0 Å². The van der Waals surface area contributed by atoms with E-state index < -0.39 is 22.1 Å². The molecule has 0 fully saturated rings. The van der Waals surface area contributed by atoms with Crippen LogP contribution < -0.4 is 5.32 Å². The van der Waals surface area contributed by atoms with Crippen molar-refractivity contribution in [3.05, 3.63) is 29.8 Å². The van der Waals surface area contributed by atoms with Gasteiger partial charge in [0.2, 0.25) is 10.0 Å². The van der Waals surface area contributed by atoms with E-state index in [4.69, 9.17) is 4.74 Å². The topological polar surface area (TPSA) is 92.8 Å². The molecule has 0 aliphatic rings. The highest BCUT2D eigenvalue weighted by atomic mass is 32.2. The van der Waals surface area contributed by atoms with Crippen LogP contribution in [0.15, 0.2) is 29.2 Å². The Bertz CT molecular complexity index is 666. The van der Waals surface area contributed by atoms with Crippen molar-refractivity contribution in [3.63, 3.8) is 0 Å². The molecule has 0 radical (unpaired) electrons. The number of esters is 1. The number of ether oxygens (including phenoxy) is 1. The van der Waals surface area contributed by atoms with Gasteiger partial charge in [-0.1, -0.05) is 13.8 Å². The monoisotopic (exact) mass is 356 g/mol. The predicted octanol–water partition coefficient (Wildman–Crippen LogP) is 1.40. The summed E-state index contributed by atoms with van der Waals surface area (Å²) >= 11 is 0. The second-order valence-electron chi connectivity index (χ2n) is 5.06. The molecule has 0 spiro atoms. The van der Waals surface area contributed by atoms with E-state index in [0.717, 1.165) is 0 Å². The average molecular weight is 356 g/mol. The van der Waals surface area contributed by atoms with Crippen LogP contribution in [0.2, 0.25) is 0 Å². The maximum Gasteiger partial charge on any atom is 0.338 e. The smallest absolute Gasteiger partial charge is 0.338 e. The molecule has 1 rings (SSSR count). The summed E-state index contributed by atoms with van der Waals surface area (Å²) in [6.07, 6.45) is -0.920. The Kier molecular flexibility index (Phi) is 7.37. The molecular formula is C16H24N2O5S. The molecule has 0 saturated carbocycles. The van der Waals surface area contributed by atoms with Crippen LogP contribution in [0.4, 0.5) is 0 Å². The van der Waals surface area contributed by atoms with Gasteiger partial charge in [-0.2, -0.15) is 4.31 Å². The van der Waals surface area contributed by atoms with Crippen molar-refractivity contribution in [2.24, 2.45) is 0 Å². The lowest BCUT2D eigenvalue weighted by molar-refractivity contribution is -0.128. The maximum absolute atomic E-state index is 12.4. The number of hydrogen-bond acceptors (Lipinski definition) is 5. The number of likely N-dealkylation sites (N-methyl/N-ethyl adjacent to an activating group) is 1. The van der Waals surface area contributed by atoms with E-state index in [1.165, 1.54) is 35.5 Å². The van der Waals surface area contributed by atoms with Gasteiger partial charge >= 0.3 is 5.97 Å². The van der Waals surface area contributed by atoms with Gasteiger partial charge in [-0.05, 0) is 38.1 Å². The van der Waals surface area contributed by atoms with E-state index in [1.807, 2.05) is 0 Å². The normalized spacial score (nSPS) is 12.7. The van der Waals surface area contributed by atoms with Crippen LogP contribution in [0.25, 0.3) is 0 Å². The van der Waals surface area contributed by atoms with Gasteiger partial charge in [0.25, 0.3) is 5.91 Å². The first-order valence-corrected chi connectivity index (χ1v) is 9.30. The minimum atomic E-state index is -3.57. The van der Waals surface area contributed by atoms with E-state index in [2.05, 4.69) is 5.32 Å². The van der Waals surface area contributed by atoms with Crippen molar-refractivity contribution in [2.45, 2.75) is 38.7 Å². The van der Waals surface area contributed by atoms with Crippen LogP contribution in [0.5, 0.6) is 0 Å². The largest absolute Gasteiger partial charge is 0.449 e. The molecule has 0 heterocycles. The number of carbonyl (C=O) groups excluding carboxylic acids is 2. The lowest BCUT2D eigenvalue weighted by atomic mass is 10.2. The fraction of sp³-hybridized carbons (Fsp3) is 0.500. The van der Waals surface area contributed by atoms with E-state index in [-0.39, 0.29) is 16.4 Å². The Morgan fingerprint density at radius 1 is 1.12 bits per heavy atom. The number of hydrogen-bond donors (Lipinski definition) is 1. The van der Waals surface area contributed by atoms with E-state index in [9.17, 15) is 18.0 Å². The van der Waals surface area contributed by atoms with Crippen molar-refractivity contribution in [3.8, 4) is 0 Å². The third-order valence-electron chi connectivity index (χ3n) is 3.44. The number of nitrogens with one attached hydrogen (secondary N) is 1. The first-order chi connectivity index (χ1) is 11.3. The molecule has 1 atom stereocenters. The SMILES string of the molecule is CCNC(=O)[C@@H](C)OC(=O)c1ccc(S(=O)(=O)N(CC)CC)cc1. The first-order valence-electron chi connectivity index (χ1n) is 7.86. The number of nitrogens with zero attached hydrogens (tertiary/aromatic N) is 1. The summed E-state index contributed by atoms with van der Waals surface area (Å²) in [6.45, 7) is 7.94. The summed E-state index contributed by atoms with van der Waals surface area (Å²) in [7, 11) is -3.57. The fourth-order valence-electron chi connectivity index (χ4n) is 2.08. The van der Waals surface area contributed by atoms with Crippen molar-refractivity contribution >= 4 is 21.9 Å². The van der Waals surface area contributed by atoms with Gasteiger partial charge in [-0.15, -0.1) is 0 Å². The second-order valence-corrected chi connectivity index (χ2v) is 6.99. The molecule has 0 aromatic heterocycles. The van der Waals surface area contributed by atoms with Crippen LogP contribution >= 0.6 is 0 Å². The zero-order valence-corrected chi connectivity index (χ0v) is 15.2. The summed E-state index contributed by atoms with van der Waals surface area (Å²) in [5.74, 6) is -1.06. The van der Waals surface area contributed by atoms with Crippen LogP contribution in [-0.2, 0) is 19.6 Å². The first kappa shape index (κ1) is 20.1. The van der Waals surface area contributed by atoms with Gasteiger partial charge in [-0.3, -0.25) is 4.79 Å². The number of amides is 1. The molecule has 1 aromatic rings. The summed E-state index contributed by atoms with van der Waals surface area (Å²) < 4.78 is 31.1. The fourth-order valence-corrected chi connectivity index (χ4v) is 3.53. The molecule has 1 amide bonds. The number of rotatable bonds is 8. The van der Waals surface area contributed by atoms with E-state index in [0.29, 0.717) is 19.6 Å². The van der Waals surface area contributed by atoms with Gasteiger partial charge in [0.05, 0.1) is 10.5 Å². The second kappa shape index (κ2) is 8.79. The van der Waals surface area contributed by atoms with E-state index in [1.54, 1.807) is 20.8 Å². The standard InChI is InChI=1S/C16H24N2O5S/c1-5-17-15(19)12(4)23-16(20)13-8-10-14(11-9-13)24(21,22)18(6-2)7-3/h8-12H,5-7H2,1-4H3,(H,17,19)/t12-/m1/s1. The number of sulfonamides is 1. The van der Waals surface area contributed by atoms with Crippen LogP contribution in [0, 0.1) is 0 Å². The Balaban J connectivity index is 2.88. The van der Waals surface area contributed by atoms with Gasteiger partial charge < -0.3 is 10.1 Å². The third kappa shape index (κ3) is 4.78. The zero-order chi connectivity index (χ0) is 18.3. The molecule has 0 bridgehead atoms. The van der Waals surface area contributed by atoms with Crippen molar-refractivity contribution in [1.29, 1.82) is 0 Å². The number of benzene rings is 1. The molecule has 0 unspecified atom stereocenters. The summed E-state index contributed by atoms with van der Waals surface area (Å²) in [5, 5.41) is 2.56. The van der Waals surface area contributed by atoms with Crippen molar-refractivity contribution < 1.29 is 22.7 Å². The molecule has 8 heteroatoms. The minimum absolute atomic E-state index is 0.111. The lowest BCUT2D eigenvalue weighted by Gasteiger charge is -2.18. The highest BCUT2D eigenvalue weighted by molar-refractivity contribution is 7.89. The third-order valence-corrected chi connectivity index (χ3v) is 5.50. The summed E-state index contributed by atoms with van der Waals surface area (Å²) in [6, 6.07) is 5.48. The van der Waals surface area contributed by atoms with Crippen molar-refractivity contribution in [1.82, 2.24) is 9.62 Å². The average Bonchev–Trinajstić information content (AvgIpc) is 2.56. The molecule has 1 aromatic carbocycles. The Morgan fingerprint density at radius 2 is 1.67 bits per heavy atom. The molecule has 134 valence electrons. The summed E-state index contributed by atoms with van der Waals surface area (Å²) in [4.78, 5) is 23.7. The minimum Gasteiger partial charge on any atom is -0.449 e. The van der Waals surface area contributed by atoms with Gasteiger partial charge in [0.15, 0.2) is 6.10 Å². The van der Waals surface area contributed by atoms with Crippen LogP contribution in [-0.4, -0.2) is 50.3 Å². The van der Waals surface area contributed by atoms with E-state index >= 15 is 0 Å². The molecule has 7 nitrogen and oxygen atoms in total. The Morgan fingerprint density at radius 3 is 2.12 bits per heavy atom. The maximum atomic E-state index is 12.4. The highest BCUT2D eigenvalue weighted by Gasteiger charge is 2.23. The zero-order valence-electron chi connectivity index (χ0n) is 14.4. The van der Waals surface area contributed by atoms with Gasteiger partial charge in [0, 0.05) is 19.6 Å². The van der Waals surface area contributed by atoms with Gasteiger partial charge in [0.1, 0.15) is 0 Å². The lowest BCUT2D eigenvalue weighted by Crippen LogP contribution is -2.35. The molecule has 24 heavy (non-hydrogen) atoms. The Hall–Kier alpha value is -1.93. The highest BCUT2D eigenvalue weighted by Crippen LogP contribution is 2.17. The molecule has 0 aliphatic heterocycles. The Labute approximate surface area is 143 Å². The van der Waals surface area contributed by atoms with Crippen LogP contribution in [0.1, 0.15) is 38.1 Å². The molecule has 1 N–H and O–H groups in total. The summed E-state index contributed by atoms with van der Waals surface area (Å²) in [5.41, 5.74) is 0.185. The van der Waals surface area contributed by atoms with Gasteiger partial charge in [-0.25, -0.2) is 13.2 Å². The number of carbonyl (C=O) groups is 2. The molecule has 0 aliphatic carbocycles. The quantitative estimate of drug-likeness (QED) is 0.711. The van der Waals surface area contributed by atoms with Crippen molar-refractivity contribution in [2.75, 3.05) is 19.6 Å². The molecule has 0 saturated heterocycles.